The molecule has 1 aromatic heterocycles. The van der Waals surface area contributed by atoms with Crippen LogP contribution in [0.5, 0.6) is 5.75 Å². The van der Waals surface area contributed by atoms with Crippen molar-refractivity contribution in [3.63, 3.8) is 0 Å². The van der Waals surface area contributed by atoms with Gasteiger partial charge in [-0.25, -0.2) is 0 Å². The quantitative estimate of drug-likeness (QED) is 0.887. The lowest BCUT2D eigenvalue weighted by molar-refractivity contribution is 0.101. The first kappa shape index (κ1) is 13.0. The molecule has 0 aliphatic carbocycles. The number of hydrogen-bond acceptors (Lipinski definition) is 3. The fourth-order valence-electron chi connectivity index (χ4n) is 1.91. The number of benzene rings is 1. The topological polar surface area (TPSA) is 69.3 Å². The van der Waals surface area contributed by atoms with Crippen molar-refractivity contribution in [2.75, 3.05) is 18.2 Å². The van der Waals surface area contributed by atoms with E-state index in [1.54, 1.807) is 31.0 Å². The van der Waals surface area contributed by atoms with Gasteiger partial charge in [0.1, 0.15) is 11.4 Å². The summed E-state index contributed by atoms with van der Waals surface area (Å²) in [6.07, 6.45) is 1.70. The molecule has 0 bridgehead atoms. The van der Waals surface area contributed by atoms with Gasteiger partial charge in [0.05, 0.1) is 12.8 Å². The van der Waals surface area contributed by atoms with Crippen LogP contribution in [0.4, 0.5) is 11.4 Å². The van der Waals surface area contributed by atoms with Gasteiger partial charge in [-0.3, -0.25) is 4.79 Å². The van der Waals surface area contributed by atoms with Crippen molar-refractivity contribution in [2.24, 2.45) is 7.05 Å². The fourth-order valence-corrected chi connectivity index (χ4v) is 1.91. The number of amides is 1. The van der Waals surface area contributed by atoms with Gasteiger partial charge in [0, 0.05) is 18.9 Å². The highest BCUT2D eigenvalue weighted by atomic mass is 16.5. The maximum Gasteiger partial charge on any atom is 0.272 e. The van der Waals surface area contributed by atoms with Crippen molar-refractivity contribution in [2.45, 2.75) is 6.92 Å². The maximum absolute atomic E-state index is 12.1. The maximum atomic E-state index is 12.1. The third kappa shape index (κ3) is 2.70. The first-order valence-electron chi connectivity index (χ1n) is 5.89. The summed E-state index contributed by atoms with van der Waals surface area (Å²) in [4.78, 5) is 12.1. The van der Waals surface area contributed by atoms with E-state index in [2.05, 4.69) is 5.32 Å². The predicted octanol–water partition coefficient (Wildman–Crippen LogP) is 2.18. The molecule has 0 atom stereocenters. The molecule has 1 aromatic carbocycles. The van der Waals surface area contributed by atoms with E-state index in [0.29, 0.717) is 11.4 Å². The number of nitrogens with zero attached hydrogens (tertiary/aromatic N) is 1. The van der Waals surface area contributed by atoms with Crippen molar-refractivity contribution in [3.8, 4) is 5.75 Å². The Hall–Kier alpha value is -2.43. The molecule has 19 heavy (non-hydrogen) atoms. The van der Waals surface area contributed by atoms with E-state index < -0.39 is 0 Å². The van der Waals surface area contributed by atoms with E-state index in [-0.39, 0.29) is 5.91 Å². The Labute approximate surface area is 112 Å². The SMILES string of the molecule is COc1ccc(NC(=O)c2cc(N)cn2C)c(C)c1. The number of nitrogens with two attached hydrogens (primary N) is 1. The van der Waals surface area contributed by atoms with E-state index in [4.69, 9.17) is 10.5 Å². The third-order valence-electron chi connectivity index (χ3n) is 2.94. The van der Waals surface area contributed by atoms with Crippen LogP contribution in [0, 0.1) is 6.92 Å². The van der Waals surface area contributed by atoms with E-state index in [9.17, 15) is 4.79 Å². The molecule has 100 valence electrons. The summed E-state index contributed by atoms with van der Waals surface area (Å²) in [5.74, 6) is 0.575. The van der Waals surface area contributed by atoms with Crippen LogP contribution in [0.2, 0.25) is 0 Å². The summed E-state index contributed by atoms with van der Waals surface area (Å²) in [6, 6.07) is 7.14. The molecule has 0 fully saturated rings. The summed E-state index contributed by atoms with van der Waals surface area (Å²) in [5.41, 5.74) is 8.45. The zero-order valence-corrected chi connectivity index (χ0v) is 11.2. The number of ether oxygens (including phenoxy) is 1. The lowest BCUT2D eigenvalue weighted by Gasteiger charge is -2.10. The largest absolute Gasteiger partial charge is 0.497 e. The molecule has 0 aliphatic rings. The Kier molecular flexibility index (Phi) is 3.46. The molecule has 0 saturated heterocycles. The highest BCUT2D eigenvalue weighted by Gasteiger charge is 2.12. The number of anilines is 2. The lowest BCUT2D eigenvalue weighted by Crippen LogP contribution is -2.15. The van der Waals surface area contributed by atoms with Gasteiger partial charge in [-0.05, 0) is 36.8 Å². The molecule has 2 rings (SSSR count). The smallest absolute Gasteiger partial charge is 0.272 e. The standard InChI is InChI=1S/C14H17N3O2/c1-9-6-11(19-3)4-5-12(9)16-14(18)13-7-10(15)8-17(13)2/h4-8H,15H2,1-3H3,(H,16,18). The lowest BCUT2D eigenvalue weighted by atomic mass is 10.2. The number of nitrogens with one attached hydrogen (secondary N) is 1. The molecule has 5 heteroatoms. The molecule has 0 spiro atoms. The monoisotopic (exact) mass is 259 g/mol. The normalized spacial score (nSPS) is 10.3. The van der Waals surface area contributed by atoms with Crippen LogP contribution in [0.25, 0.3) is 0 Å². The number of nitrogen functional groups attached to an aromatic ring is 1. The molecule has 1 amide bonds. The molecule has 1 heterocycles. The molecule has 0 aliphatic heterocycles. The van der Waals surface area contributed by atoms with Gasteiger partial charge >= 0.3 is 0 Å². The Morgan fingerprint density at radius 1 is 1.37 bits per heavy atom. The van der Waals surface area contributed by atoms with E-state index in [1.807, 2.05) is 25.1 Å². The number of rotatable bonds is 3. The van der Waals surface area contributed by atoms with Crippen LogP contribution in [0.1, 0.15) is 16.1 Å². The van der Waals surface area contributed by atoms with Crippen molar-refractivity contribution < 1.29 is 9.53 Å². The molecule has 3 N–H and O–H groups in total. The van der Waals surface area contributed by atoms with Gasteiger partial charge < -0.3 is 20.4 Å². The van der Waals surface area contributed by atoms with Crippen LogP contribution in [0.3, 0.4) is 0 Å². The molecule has 0 saturated carbocycles. The first-order chi connectivity index (χ1) is 9.01. The summed E-state index contributed by atoms with van der Waals surface area (Å²) in [7, 11) is 3.39. The van der Waals surface area contributed by atoms with Crippen molar-refractivity contribution in [1.29, 1.82) is 0 Å². The second-order valence-electron chi connectivity index (χ2n) is 4.40. The minimum Gasteiger partial charge on any atom is -0.497 e. The number of aryl methyl sites for hydroxylation is 2. The average molecular weight is 259 g/mol. The number of methoxy groups -OCH3 is 1. The van der Waals surface area contributed by atoms with Crippen LogP contribution in [-0.4, -0.2) is 17.6 Å². The van der Waals surface area contributed by atoms with E-state index in [0.717, 1.165) is 17.0 Å². The Morgan fingerprint density at radius 2 is 2.11 bits per heavy atom. The minimum absolute atomic E-state index is 0.188. The number of aromatic nitrogens is 1. The second-order valence-corrected chi connectivity index (χ2v) is 4.40. The Morgan fingerprint density at radius 3 is 2.63 bits per heavy atom. The highest BCUT2D eigenvalue weighted by molar-refractivity contribution is 6.04. The molecule has 5 nitrogen and oxygen atoms in total. The van der Waals surface area contributed by atoms with Gasteiger partial charge in [0.2, 0.25) is 0 Å². The van der Waals surface area contributed by atoms with Crippen LogP contribution < -0.4 is 15.8 Å². The van der Waals surface area contributed by atoms with Crippen molar-refractivity contribution >= 4 is 17.3 Å². The minimum atomic E-state index is -0.188. The van der Waals surface area contributed by atoms with E-state index >= 15 is 0 Å². The fraction of sp³-hybridized carbons (Fsp3) is 0.214. The summed E-state index contributed by atoms with van der Waals surface area (Å²) < 4.78 is 6.83. The van der Waals surface area contributed by atoms with Gasteiger partial charge in [-0.2, -0.15) is 0 Å². The van der Waals surface area contributed by atoms with E-state index in [1.165, 1.54) is 0 Å². The average Bonchev–Trinajstić information content (AvgIpc) is 2.71. The van der Waals surface area contributed by atoms with Crippen LogP contribution >= 0.6 is 0 Å². The number of carbonyl (C=O) groups excluding carboxylic acids is 1. The molecule has 2 aromatic rings. The molecule has 0 unspecified atom stereocenters. The van der Waals surface area contributed by atoms with Gasteiger partial charge in [0.15, 0.2) is 0 Å². The molecular weight excluding hydrogens is 242 g/mol. The predicted molar refractivity (Wildman–Crippen MR) is 75.5 cm³/mol. The van der Waals surface area contributed by atoms with Gasteiger partial charge in [-0.15, -0.1) is 0 Å². The van der Waals surface area contributed by atoms with Crippen LogP contribution in [-0.2, 0) is 7.05 Å². The third-order valence-corrected chi connectivity index (χ3v) is 2.94. The summed E-state index contributed by atoms with van der Waals surface area (Å²) in [5, 5.41) is 2.86. The zero-order chi connectivity index (χ0) is 14.0. The summed E-state index contributed by atoms with van der Waals surface area (Å²) in [6.45, 7) is 1.91. The second kappa shape index (κ2) is 5.06. The molecule has 0 radical (unpaired) electrons. The highest BCUT2D eigenvalue weighted by Crippen LogP contribution is 2.22. The first-order valence-corrected chi connectivity index (χ1v) is 5.89. The Balaban J connectivity index is 2.22. The Bertz CT molecular complexity index is 617. The molecular formula is C14H17N3O2. The number of hydrogen-bond donors (Lipinski definition) is 2. The van der Waals surface area contributed by atoms with Crippen molar-refractivity contribution in [3.05, 3.63) is 41.7 Å². The van der Waals surface area contributed by atoms with Crippen LogP contribution in [0.15, 0.2) is 30.5 Å². The van der Waals surface area contributed by atoms with Gasteiger partial charge in [-0.1, -0.05) is 0 Å². The zero-order valence-electron chi connectivity index (χ0n) is 11.2. The van der Waals surface area contributed by atoms with Crippen molar-refractivity contribution in [1.82, 2.24) is 4.57 Å². The number of carbonyl (C=O) groups is 1. The van der Waals surface area contributed by atoms with Gasteiger partial charge in [0.25, 0.3) is 5.91 Å². The summed E-state index contributed by atoms with van der Waals surface area (Å²) >= 11 is 0.